The molecular weight excluding hydrogens is 402 g/mol. The van der Waals surface area contributed by atoms with Gasteiger partial charge in [0.1, 0.15) is 6.61 Å². The third kappa shape index (κ3) is 6.93. The first-order valence-corrected chi connectivity index (χ1v) is 11.8. The normalized spacial score (nSPS) is 17.6. The van der Waals surface area contributed by atoms with Crippen LogP contribution in [-0.4, -0.2) is 56.7 Å². The summed E-state index contributed by atoms with van der Waals surface area (Å²) in [5, 5.41) is 8.01. The molecule has 0 bridgehead atoms. The van der Waals surface area contributed by atoms with Gasteiger partial charge in [0.2, 0.25) is 5.88 Å². The van der Waals surface area contributed by atoms with Gasteiger partial charge in [-0.25, -0.2) is 0 Å². The first-order chi connectivity index (χ1) is 15.8. The van der Waals surface area contributed by atoms with Gasteiger partial charge < -0.3 is 19.7 Å². The molecule has 2 aromatic rings. The Balaban J connectivity index is 1.39. The van der Waals surface area contributed by atoms with E-state index in [9.17, 15) is 0 Å². The van der Waals surface area contributed by atoms with Crippen molar-refractivity contribution in [2.75, 3.05) is 49.8 Å². The average Bonchev–Trinajstić information content (AvgIpc) is 2.83. The molecule has 2 N–H and O–H groups in total. The van der Waals surface area contributed by atoms with Crippen LogP contribution >= 0.6 is 0 Å². The number of nitrogens with one attached hydrogen (secondary N) is 2. The lowest BCUT2D eigenvalue weighted by Crippen LogP contribution is -2.36. The molecule has 1 aromatic carbocycles. The summed E-state index contributed by atoms with van der Waals surface area (Å²) in [6, 6.07) is 12.9. The van der Waals surface area contributed by atoms with Gasteiger partial charge in [-0.05, 0) is 25.3 Å². The number of benzene rings is 1. The van der Waals surface area contributed by atoms with Crippen molar-refractivity contribution >= 4 is 17.7 Å². The van der Waals surface area contributed by atoms with E-state index in [-0.39, 0.29) is 0 Å². The summed E-state index contributed by atoms with van der Waals surface area (Å²) in [5.41, 5.74) is 6.41. The Morgan fingerprint density at radius 3 is 2.81 bits per heavy atom. The van der Waals surface area contributed by atoms with Crippen molar-refractivity contribution in [3.63, 3.8) is 0 Å². The predicted octanol–water partition coefficient (Wildman–Crippen LogP) is 3.97. The lowest BCUT2D eigenvalue weighted by Gasteiger charge is -2.29. The Bertz CT molecular complexity index is 876. The molecule has 1 saturated heterocycles. The van der Waals surface area contributed by atoms with Crippen LogP contribution in [0.2, 0.25) is 0 Å². The number of hydrogen-bond acceptors (Lipinski definition) is 7. The fourth-order valence-corrected chi connectivity index (χ4v) is 4.28. The molecule has 0 spiro atoms. The van der Waals surface area contributed by atoms with Gasteiger partial charge in [0, 0.05) is 43.5 Å². The summed E-state index contributed by atoms with van der Waals surface area (Å²) in [6.07, 6.45) is 8.40. The number of rotatable bonds is 9. The van der Waals surface area contributed by atoms with Crippen molar-refractivity contribution in [2.24, 2.45) is 5.10 Å². The van der Waals surface area contributed by atoms with Crippen LogP contribution in [0.1, 0.15) is 43.2 Å². The van der Waals surface area contributed by atoms with Gasteiger partial charge in [0.05, 0.1) is 19.4 Å². The summed E-state index contributed by atoms with van der Waals surface area (Å²) in [6.45, 7) is 6.70. The van der Waals surface area contributed by atoms with Crippen molar-refractivity contribution in [1.29, 1.82) is 0 Å². The smallest absolute Gasteiger partial charge is 0.217 e. The lowest BCUT2D eigenvalue weighted by atomic mass is 9.96. The summed E-state index contributed by atoms with van der Waals surface area (Å²) in [7, 11) is 0. The summed E-state index contributed by atoms with van der Waals surface area (Å²) in [5.74, 6) is 1.29. The number of aryl methyl sites for hydroxylation is 1. The van der Waals surface area contributed by atoms with Gasteiger partial charge in [-0.2, -0.15) is 10.1 Å². The topological polar surface area (TPSA) is 71.0 Å². The highest BCUT2D eigenvalue weighted by Crippen LogP contribution is 2.25. The summed E-state index contributed by atoms with van der Waals surface area (Å²) in [4.78, 5) is 6.93. The van der Waals surface area contributed by atoms with Crippen LogP contribution in [0.5, 0.6) is 5.88 Å². The van der Waals surface area contributed by atoms with E-state index < -0.39 is 0 Å². The van der Waals surface area contributed by atoms with Crippen LogP contribution in [0, 0.1) is 6.92 Å². The molecule has 172 valence electrons. The first kappa shape index (κ1) is 22.6. The molecule has 0 unspecified atom stereocenters. The van der Waals surface area contributed by atoms with Gasteiger partial charge >= 0.3 is 0 Å². The Labute approximate surface area is 191 Å². The second-order valence-electron chi connectivity index (χ2n) is 8.57. The molecule has 0 radical (unpaired) electrons. The maximum atomic E-state index is 6.03. The maximum absolute atomic E-state index is 6.03. The number of anilines is 2. The van der Waals surface area contributed by atoms with Crippen LogP contribution in [0.4, 0.5) is 11.5 Å². The van der Waals surface area contributed by atoms with Gasteiger partial charge in [0.15, 0.2) is 5.82 Å². The molecule has 7 nitrogen and oxygen atoms in total. The second-order valence-corrected chi connectivity index (χ2v) is 8.57. The Hall–Kier alpha value is -2.64. The third-order valence-electron chi connectivity index (χ3n) is 5.99. The fraction of sp³-hybridized carbons (Fsp3) is 0.520. The number of hydrogen-bond donors (Lipinski definition) is 2. The van der Waals surface area contributed by atoms with Gasteiger partial charge in [-0.15, -0.1) is 0 Å². The van der Waals surface area contributed by atoms with Crippen LogP contribution in [0.15, 0.2) is 41.5 Å². The molecule has 1 saturated carbocycles. The van der Waals surface area contributed by atoms with Gasteiger partial charge in [0.25, 0.3) is 0 Å². The predicted molar refractivity (Wildman–Crippen MR) is 130 cm³/mol. The number of pyridine rings is 1. The van der Waals surface area contributed by atoms with Crippen molar-refractivity contribution in [3.8, 4) is 5.88 Å². The van der Waals surface area contributed by atoms with Crippen LogP contribution in [-0.2, 0) is 4.74 Å². The van der Waals surface area contributed by atoms with E-state index in [1.165, 1.54) is 37.7 Å². The molecule has 0 atom stereocenters. The highest BCUT2D eigenvalue weighted by molar-refractivity contribution is 5.80. The minimum Gasteiger partial charge on any atom is -0.476 e. The molecule has 1 aliphatic heterocycles. The Morgan fingerprint density at radius 1 is 1.16 bits per heavy atom. The summed E-state index contributed by atoms with van der Waals surface area (Å²) < 4.78 is 11.5. The standard InChI is InChI=1S/C25H35N5O2/c1-20-6-5-7-21(16-20)19-27-29-24-17-23(30-11-14-31-15-12-30)18-25(28-24)32-13-10-26-22-8-3-2-4-9-22/h5-7,16-19,22,26H,2-4,8-15H2,1H3,(H,28,29)/b27-19+. The zero-order chi connectivity index (χ0) is 22.0. The van der Waals surface area contributed by atoms with E-state index in [4.69, 9.17) is 9.47 Å². The minimum atomic E-state index is 0.599. The highest BCUT2D eigenvalue weighted by Gasteiger charge is 2.15. The highest BCUT2D eigenvalue weighted by atomic mass is 16.5. The van der Waals surface area contributed by atoms with E-state index in [0.29, 0.717) is 24.3 Å². The molecule has 1 aromatic heterocycles. The lowest BCUT2D eigenvalue weighted by molar-refractivity contribution is 0.122. The molecule has 2 aliphatic rings. The SMILES string of the molecule is Cc1cccc(/C=N/Nc2cc(N3CCOCC3)cc(OCCNC3CCCCC3)n2)c1. The number of morpholine rings is 1. The minimum absolute atomic E-state index is 0.599. The molecule has 2 heterocycles. The molecule has 2 fully saturated rings. The Morgan fingerprint density at radius 2 is 2.00 bits per heavy atom. The van der Waals surface area contributed by atoms with Crippen LogP contribution < -0.4 is 20.4 Å². The average molecular weight is 438 g/mol. The molecule has 1 aliphatic carbocycles. The third-order valence-corrected chi connectivity index (χ3v) is 5.99. The van der Waals surface area contributed by atoms with Gasteiger partial charge in [-0.1, -0.05) is 49.1 Å². The molecular formula is C25H35N5O2. The largest absolute Gasteiger partial charge is 0.476 e. The second kappa shape index (κ2) is 11.8. The van der Waals surface area contributed by atoms with Gasteiger partial charge in [-0.3, -0.25) is 5.43 Å². The van der Waals surface area contributed by atoms with Crippen molar-refractivity contribution < 1.29 is 9.47 Å². The zero-order valence-electron chi connectivity index (χ0n) is 19.1. The fourth-order valence-electron chi connectivity index (χ4n) is 4.28. The van der Waals surface area contributed by atoms with Crippen molar-refractivity contribution in [2.45, 2.75) is 45.1 Å². The number of ether oxygens (including phenoxy) is 2. The monoisotopic (exact) mass is 437 g/mol. The van der Waals surface area contributed by atoms with E-state index in [1.807, 2.05) is 30.5 Å². The molecule has 0 amide bonds. The van der Waals surface area contributed by atoms with Crippen molar-refractivity contribution in [1.82, 2.24) is 10.3 Å². The molecule has 32 heavy (non-hydrogen) atoms. The molecule has 4 rings (SSSR count). The number of aromatic nitrogens is 1. The first-order valence-electron chi connectivity index (χ1n) is 11.8. The zero-order valence-corrected chi connectivity index (χ0v) is 19.1. The number of hydrazone groups is 1. The van der Waals surface area contributed by atoms with Crippen molar-refractivity contribution in [3.05, 3.63) is 47.5 Å². The van der Waals surface area contributed by atoms with E-state index >= 15 is 0 Å². The Kier molecular flexibility index (Phi) is 8.34. The quantitative estimate of drug-likeness (QED) is 0.351. The number of nitrogens with zero attached hydrogens (tertiary/aromatic N) is 3. The maximum Gasteiger partial charge on any atom is 0.217 e. The van der Waals surface area contributed by atoms with E-state index in [1.54, 1.807) is 0 Å². The summed E-state index contributed by atoms with van der Waals surface area (Å²) >= 11 is 0. The van der Waals surface area contributed by atoms with E-state index in [0.717, 1.165) is 44.1 Å². The van der Waals surface area contributed by atoms with E-state index in [2.05, 4.69) is 44.8 Å². The van der Waals surface area contributed by atoms with Crippen LogP contribution in [0.25, 0.3) is 0 Å². The van der Waals surface area contributed by atoms with Crippen LogP contribution in [0.3, 0.4) is 0 Å². The molecule has 7 heteroatoms.